The van der Waals surface area contributed by atoms with Gasteiger partial charge in [-0.15, -0.1) is 12.6 Å². The molecule has 2 unspecified atom stereocenters. The fourth-order valence-electron chi connectivity index (χ4n) is 3.39. The van der Waals surface area contributed by atoms with Crippen molar-refractivity contribution < 1.29 is 31.5 Å². The van der Waals surface area contributed by atoms with Crippen LogP contribution in [0.5, 0.6) is 0 Å². The Labute approximate surface area is 183 Å². The first kappa shape index (κ1) is 23.6. The van der Waals surface area contributed by atoms with E-state index in [-0.39, 0.29) is 30.1 Å². The van der Waals surface area contributed by atoms with Crippen molar-refractivity contribution in [1.82, 2.24) is 4.31 Å². The van der Waals surface area contributed by atoms with Gasteiger partial charge in [-0.25, -0.2) is 8.42 Å². The van der Waals surface area contributed by atoms with Gasteiger partial charge >= 0.3 is 6.18 Å². The van der Waals surface area contributed by atoms with Gasteiger partial charge in [0, 0.05) is 30.2 Å². The minimum Gasteiger partial charge on any atom is -0.376 e. The maximum Gasteiger partial charge on any atom is 0.421 e. The van der Waals surface area contributed by atoms with E-state index in [9.17, 15) is 31.5 Å². The number of anilines is 1. The summed E-state index contributed by atoms with van der Waals surface area (Å²) in [5.41, 5.74) is -2.90. The number of thiol groups is 1. The van der Waals surface area contributed by atoms with Gasteiger partial charge in [-0.3, -0.25) is 0 Å². The minimum absolute atomic E-state index is 0.0372. The Morgan fingerprint density at radius 1 is 1.10 bits per heavy atom. The molecule has 0 aromatic heterocycles. The Morgan fingerprint density at radius 2 is 1.71 bits per heavy atom. The second-order valence-electron chi connectivity index (χ2n) is 7.34. The van der Waals surface area contributed by atoms with E-state index >= 15 is 0 Å². The van der Waals surface area contributed by atoms with Gasteiger partial charge in [0.05, 0.1) is 10.9 Å². The lowest BCUT2D eigenvalue weighted by Gasteiger charge is -2.40. The van der Waals surface area contributed by atoms with E-state index in [4.69, 9.17) is 0 Å². The maximum absolute atomic E-state index is 13.0. The monoisotopic (exact) mass is 474 g/mol. The summed E-state index contributed by atoms with van der Waals surface area (Å²) in [6, 6.07) is 10.4. The fraction of sp³-hybridized carbons (Fsp3) is 0.350. The van der Waals surface area contributed by atoms with Crippen molar-refractivity contribution in [1.29, 1.82) is 0 Å². The second kappa shape index (κ2) is 8.45. The van der Waals surface area contributed by atoms with Gasteiger partial charge in [-0.05, 0) is 36.8 Å². The number of aliphatic hydroxyl groups is 1. The van der Waals surface area contributed by atoms with E-state index < -0.39 is 27.8 Å². The molecule has 1 saturated heterocycles. The van der Waals surface area contributed by atoms with Gasteiger partial charge in [0.15, 0.2) is 5.60 Å². The standard InChI is InChI=1S/C20H21F3N2O4S2/c1-19(27,20(21,22)23)14-6-8-15(9-7-14)25-11-10-24(12-16(25)13-26)31(28,29)18-5-3-2-4-17(18)30/h2-9,13,16,27,30H,10-12H2,1H3. The Bertz CT molecular complexity index is 1060. The third kappa shape index (κ3) is 4.45. The Balaban J connectivity index is 1.82. The highest BCUT2D eigenvalue weighted by atomic mass is 32.2. The molecule has 6 nitrogen and oxygen atoms in total. The number of carbonyl (C=O) groups is 1. The van der Waals surface area contributed by atoms with Crippen molar-refractivity contribution >= 4 is 34.6 Å². The van der Waals surface area contributed by atoms with Crippen LogP contribution in [0.3, 0.4) is 0 Å². The minimum atomic E-state index is -4.84. The van der Waals surface area contributed by atoms with E-state index in [0.717, 1.165) is 12.1 Å². The average molecular weight is 475 g/mol. The third-order valence-corrected chi connectivity index (χ3v) is 7.80. The van der Waals surface area contributed by atoms with E-state index in [1.54, 1.807) is 23.1 Å². The quantitative estimate of drug-likeness (QED) is 0.515. The van der Waals surface area contributed by atoms with Gasteiger partial charge < -0.3 is 14.8 Å². The molecule has 1 heterocycles. The second-order valence-corrected chi connectivity index (χ2v) is 9.73. The summed E-state index contributed by atoms with van der Waals surface area (Å²) in [5, 5.41) is 9.80. The summed E-state index contributed by atoms with van der Waals surface area (Å²) in [6.45, 7) is 0.790. The van der Waals surface area contributed by atoms with Crippen LogP contribution in [0.2, 0.25) is 0 Å². The van der Waals surface area contributed by atoms with Crippen LogP contribution in [0.4, 0.5) is 18.9 Å². The molecule has 2 atom stereocenters. The molecule has 0 amide bonds. The van der Waals surface area contributed by atoms with E-state index in [1.807, 2.05) is 0 Å². The molecule has 168 valence electrons. The largest absolute Gasteiger partial charge is 0.421 e. The van der Waals surface area contributed by atoms with Crippen LogP contribution in [-0.2, 0) is 20.4 Å². The van der Waals surface area contributed by atoms with Gasteiger partial charge in [-0.1, -0.05) is 24.3 Å². The zero-order valence-electron chi connectivity index (χ0n) is 16.5. The van der Waals surface area contributed by atoms with Gasteiger partial charge in [-0.2, -0.15) is 17.5 Å². The van der Waals surface area contributed by atoms with Gasteiger partial charge in [0.1, 0.15) is 6.29 Å². The van der Waals surface area contributed by atoms with Crippen LogP contribution in [0.1, 0.15) is 12.5 Å². The predicted molar refractivity (Wildman–Crippen MR) is 112 cm³/mol. The van der Waals surface area contributed by atoms with Crippen molar-refractivity contribution in [3.8, 4) is 0 Å². The highest BCUT2D eigenvalue weighted by Crippen LogP contribution is 2.39. The Hall–Kier alpha value is -2.08. The fourth-order valence-corrected chi connectivity index (χ4v) is 5.43. The molecule has 1 fully saturated rings. The molecule has 0 aliphatic carbocycles. The summed E-state index contributed by atoms with van der Waals surface area (Å²) in [4.78, 5) is 13.7. The number of rotatable bonds is 5. The smallest absolute Gasteiger partial charge is 0.376 e. The SMILES string of the molecule is CC(O)(c1ccc(N2CCN(S(=O)(=O)c3ccccc3S)CC2C=O)cc1)C(F)(F)F. The average Bonchev–Trinajstić information content (AvgIpc) is 2.72. The molecule has 2 aromatic carbocycles. The lowest BCUT2D eigenvalue weighted by atomic mass is 9.95. The summed E-state index contributed by atoms with van der Waals surface area (Å²) in [5.74, 6) is 0. The number of sulfonamides is 1. The first-order valence-corrected chi connectivity index (χ1v) is 11.2. The number of hydrogen-bond acceptors (Lipinski definition) is 6. The lowest BCUT2D eigenvalue weighted by Crippen LogP contribution is -2.55. The summed E-state index contributed by atoms with van der Waals surface area (Å²) in [6.07, 6.45) is -4.24. The summed E-state index contributed by atoms with van der Waals surface area (Å²) in [7, 11) is -3.87. The highest BCUT2D eigenvalue weighted by molar-refractivity contribution is 7.90. The van der Waals surface area contributed by atoms with Crippen molar-refractivity contribution in [2.75, 3.05) is 24.5 Å². The van der Waals surface area contributed by atoms with Crippen molar-refractivity contribution in [3.63, 3.8) is 0 Å². The molecule has 0 spiro atoms. The van der Waals surface area contributed by atoms with Crippen molar-refractivity contribution in [3.05, 3.63) is 54.1 Å². The lowest BCUT2D eigenvalue weighted by molar-refractivity contribution is -0.258. The van der Waals surface area contributed by atoms with Crippen LogP contribution in [0.15, 0.2) is 58.3 Å². The first-order valence-electron chi connectivity index (χ1n) is 9.29. The first-order chi connectivity index (χ1) is 14.4. The molecule has 0 radical (unpaired) electrons. The molecule has 1 aliphatic rings. The Morgan fingerprint density at radius 3 is 2.26 bits per heavy atom. The predicted octanol–water partition coefficient (Wildman–Crippen LogP) is 2.82. The number of halogens is 3. The van der Waals surface area contributed by atoms with Crippen LogP contribution >= 0.6 is 12.6 Å². The number of carbonyl (C=O) groups excluding carboxylic acids is 1. The molecule has 1 N–H and O–H groups in total. The normalized spacial score (nSPS) is 20.3. The zero-order chi connectivity index (χ0) is 23.0. The molecular weight excluding hydrogens is 453 g/mol. The number of piperazine rings is 1. The molecule has 3 rings (SSSR count). The molecule has 0 bridgehead atoms. The third-order valence-electron chi connectivity index (χ3n) is 5.33. The van der Waals surface area contributed by atoms with Crippen LogP contribution < -0.4 is 4.90 Å². The molecule has 11 heteroatoms. The van der Waals surface area contributed by atoms with Gasteiger partial charge in [0.2, 0.25) is 10.0 Å². The molecule has 0 saturated carbocycles. The molecule has 31 heavy (non-hydrogen) atoms. The highest BCUT2D eigenvalue weighted by Gasteiger charge is 2.51. The summed E-state index contributed by atoms with van der Waals surface area (Å²) < 4.78 is 66.3. The van der Waals surface area contributed by atoms with Crippen molar-refractivity contribution in [2.45, 2.75) is 34.5 Å². The van der Waals surface area contributed by atoms with Crippen LogP contribution in [0, 0.1) is 0 Å². The van der Waals surface area contributed by atoms with Gasteiger partial charge in [0.25, 0.3) is 0 Å². The van der Waals surface area contributed by atoms with Crippen molar-refractivity contribution in [2.24, 2.45) is 0 Å². The summed E-state index contributed by atoms with van der Waals surface area (Å²) >= 11 is 4.20. The number of nitrogens with zero attached hydrogens (tertiary/aromatic N) is 2. The number of alkyl halides is 3. The number of aldehydes is 1. The zero-order valence-corrected chi connectivity index (χ0v) is 18.2. The molecular formula is C20H21F3N2O4S2. The van der Waals surface area contributed by atoms with E-state index in [1.165, 1.54) is 22.5 Å². The van der Waals surface area contributed by atoms with Crippen LogP contribution in [0.25, 0.3) is 0 Å². The molecule has 1 aliphatic heterocycles. The maximum atomic E-state index is 13.0. The topological polar surface area (TPSA) is 77.9 Å². The Kier molecular flexibility index (Phi) is 6.43. The molecule has 2 aromatic rings. The van der Waals surface area contributed by atoms with Crippen LogP contribution in [-0.4, -0.2) is 56.0 Å². The number of benzene rings is 2. The number of hydrogen-bond donors (Lipinski definition) is 2. The van der Waals surface area contributed by atoms with E-state index in [0.29, 0.717) is 23.8 Å². The van der Waals surface area contributed by atoms with E-state index in [2.05, 4.69) is 12.6 Å².